The summed E-state index contributed by atoms with van der Waals surface area (Å²) in [6.07, 6.45) is 3.73. The molecule has 1 aromatic carbocycles. The summed E-state index contributed by atoms with van der Waals surface area (Å²) in [4.78, 5) is 26.8. The van der Waals surface area contributed by atoms with Gasteiger partial charge in [-0.05, 0) is 38.4 Å². The lowest BCUT2D eigenvalue weighted by Crippen LogP contribution is -2.37. The number of carboxylic acids is 2. The van der Waals surface area contributed by atoms with E-state index in [0.717, 1.165) is 37.7 Å². The minimum absolute atomic E-state index is 0.103. The van der Waals surface area contributed by atoms with E-state index in [1.54, 1.807) is 13.3 Å². The van der Waals surface area contributed by atoms with Gasteiger partial charge in [0.2, 0.25) is 0 Å². The molecule has 0 amide bonds. The number of carbonyl (C=O) groups is 2. The molecule has 3 atom stereocenters. The van der Waals surface area contributed by atoms with Gasteiger partial charge >= 0.3 is 0 Å². The third-order valence-electron chi connectivity index (χ3n) is 5.84. The van der Waals surface area contributed by atoms with Gasteiger partial charge in [-0.1, -0.05) is 0 Å². The van der Waals surface area contributed by atoms with Crippen molar-refractivity contribution in [2.24, 2.45) is 5.92 Å². The summed E-state index contributed by atoms with van der Waals surface area (Å²) in [5.41, 5.74) is 1.02. The van der Waals surface area contributed by atoms with Crippen molar-refractivity contribution in [2.45, 2.75) is 31.7 Å². The van der Waals surface area contributed by atoms with E-state index in [-0.39, 0.29) is 23.0 Å². The number of hydrogen-bond acceptors (Lipinski definition) is 8. The molecule has 1 aromatic heterocycles. The SMILES string of the molecule is CC(=O)O.CC(=O)O.COc1ccc(-n2ccnc2CN2C[C@H]3[C@@H](N(C)C)CS(=O)(=O)[C@H]3C2)cc1. The fourth-order valence-electron chi connectivity index (χ4n) is 4.40. The van der Waals surface area contributed by atoms with Gasteiger partial charge in [0.15, 0.2) is 9.84 Å². The van der Waals surface area contributed by atoms with Crippen molar-refractivity contribution in [2.75, 3.05) is 40.0 Å². The Morgan fingerprint density at radius 3 is 2.20 bits per heavy atom. The van der Waals surface area contributed by atoms with Crippen LogP contribution in [0, 0.1) is 5.92 Å². The molecule has 2 saturated heterocycles. The van der Waals surface area contributed by atoms with Gasteiger partial charge in [-0.15, -0.1) is 0 Å². The fourth-order valence-corrected chi connectivity index (χ4v) is 6.91. The van der Waals surface area contributed by atoms with Crippen LogP contribution < -0.4 is 4.74 Å². The van der Waals surface area contributed by atoms with Crippen LogP contribution in [0.15, 0.2) is 36.7 Å². The molecule has 2 fully saturated rings. The standard InChI is InChI=1S/C19H26N4O3S.2C2H4O2/c1-21(2)17-13-27(24,25)18-11-22(10-16(17)18)12-19-20-8-9-23(19)14-4-6-15(26-3)7-5-14;2*1-2(3)4/h4-9,16-18H,10-13H2,1-3H3;2*1H3,(H,3,4)/t16-,17-,18-;;/m0../s1. The number of sulfone groups is 1. The molecule has 11 nitrogen and oxygen atoms in total. The maximum Gasteiger partial charge on any atom is 0.300 e. The Hall–Kier alpha value is -2.96. The average Bonchev–Trinajstić information content (AvgIpc) is 3.44. The Labute approximate surface area is 205 Å². The van der Waals surface area contributed by atoms with Gasteiger partial charge in [-0.25, -0.2) is 13.4 Å². The van der Waals surface area contributed by atoms with Crippen LogP contribution >= 0.6 is 0 Å². The third-order valence-corrected chi connectivity index (χ3v) is 8.07. The highest BCUT2D eigenvalue weighted by atomic mass is 32.2. The number of fused-ring (bicyclic) bond motifs is 1. The molecule has 2 aliphatic rings. The third kappa shape index (κ3) is 7.77. The Balaban J connectivity index is 0.000000473. The highest BCUT2D eigenvalue weighted by Crippen LogP contribution is 2.36. The predicted octanol–water partition coefficient (Wildman–Crippen LogP) is 1.22. The largest absolute Gasteiger partial charge is 0.497 e. The van der Waals surface area contributed by atoms with E-state index < -0.39 is 21.8 Å². The van der Waals surface area contributed by atoms with Crippen LogP contribution in [-0.2, 0) is 26.0 Å². The number of hydrogen-bond donors (Lipinski definition) is 2. The molecule has 2 N–H and O–H groups in total. The lowest BCUT2D eigenvalue weighted by Gasteiger charge is -2.25. The van der Waals surface area contributed by atoms with Crippen molar-refractivity contribution in [3.63, 3.8) is 0 Å². The van der Waals surface area contributed by atoms with E-state index in [1.165, 1.54) is 0 Å². The topological polar surface area (TPSA) is 142 Å². The molecular formula is C23H34N4O7S. The predicted molar refractivity (Wildman–Crippen MR) is 131 cm³/mol. The van der Waals surface area contributed by atoms with Crippen LogP contribution in [0.1, 0.15) is 19.7 Å². The second kappa shape index (κ2) is 12.1. The molecule has 35 heavy (non-hydrogen) atoms. The molecule has 0 radical (unpaired) electrons. The Bertz CT molecular complexity index is 1080. The molecule has 194 valence electrons. The Kier molecular flexibility index (Phi) is 9.81. The molecule has 0 unspecified atom stereocenters. The summed E-state index contributed by atoms with van der Waals surface area (Å²) in [5, 5.41) is 14.6. The van der Waals surface area contributed by atoms with Gasteiger partial charge in [0.25, 0.3) is 11.9 Å². The number of nitrogens with zero attached hydrogens (tertiary/aromatic N) is 4. The van der Waals surface area contributed by atoms with Gasteiger partial charge in [-0.2, -0.15) is 0 Å². The van der Waals surface area contributed by atoms with Crippen molar-refractivity contribution in [3.8, 4) is 11.4 Å². The van der Waals surface area contributed by atoms with Gasteiger partial charge in [0.1, 0.15) is 11.6 Å². The Morgan fingerprint density at radius 1 is 1.11 bits per heavy atom. The summed E-state index contributed by atoms with van der Waals surface area (Å²) >= 11 is 0. The monoisotopic (exact) mass is 510 g/mol. The number of benzene rings is 1. The molecule has 0 aliphatic carbocycles. The molecule has 0 saturated carbocycles. The highest BCUT2D eigenvalue weighted by molar-refractivity contribution is 7.92. The van der Waals surface area contributed by atoms with Crippen molar-refractivity contribution >= 4 is 21.8 Å². The second-order valence-corrected chi connectivity index (χ2v) is 11.0. The average molecular weight is 511 g/mol. The number of ether oxygens (including phenoxy) is 1. The molecule has 4 rings (SSSR count). The summed E-state index contributed by atoms with van der Waals surface area (Å²) in [5.74, 6) is 0.518. The van der Waals surface area contributed by atoms with E-state index in [9.17, 15) is 8.42 Å². The zero-order valence-corrected chi connectivity index (χ0v) is 21.5. The lowest BCUT2D eigenvalue weighted by molar-refractivity contribution is -0.135. The zero-order chi connectivity index (χ0) is 26.3. The molecule has 12 heteroatoms. The highest BCUT2D eigenvalue weighted by Gasteiger charge is 2.52. The number of rotatable bonds is 5. The molecule has 2 aromatic rings. The summed E-state index contributed by atoms with van der Waals surface area (Å²) in [7, 11) is 2.57. The maximum atomic E-state index is 12.6. The number of aromatic nitrogens is 2. The van der Waals surface area contributed by atoms with Crippen molar-refractivity contribution in [1.29, 1.82) is 0 Å². The molecular weight excluding hydrogens is 476 g/mol. The first-order chi connectivity index (χ1) is 16.4. The van der Waals surface area contributed by atoms with Gasteiger partial charge in [0, 0.05) is 57.0 Å². The van der Waals surface area contributed by atoms with Crippen molar-refractivity contribution in [1.82, 2.24) is 19.4 Å². The fraction of sp³-hybridized carbons (Fsp3) is 0.522. The first kappa shape index (κ1) is 28.3. The second-order valence-electron chi connectivity index (χ2n) is 8.71. The van der Waals surface area contributed by atoms with Gasteiger partial charge < -0.3 is 24.4 Å². The van der Waals surface area contributed by atoms with Gasteiger partial charge in [0.05, 0.1) is 24.7 Å². The number of aliphatic carboxylic acids is 2. The summed E-state index contributed by atoms with van der Waals surface area (Å²) < 4.78 is 32.4. The molecule has 3 heterocycles. The van der Waals surface area contributed by atoms with E-state index >= 15 is 0 Å². The molecule has 0 bridgehead atoms. The van der Waals surface area contributed by atoms with Crippen molar-refractivity contribution < 1.29 is 33.0 Å². The quantitative estimate of drug-likeness (QED) is 0.603. The van der Waals surface area contributed by atoms with E-state index in [4.69, 9.17) is 24.5 Å². The van der Waals surface area contributed by atoms with E-state index in [1.807, 2.05) is 49.1 Å². The molecule has 0 spiro atoms. The van der Waals surface area contributed by atoms with E-state index in [0.29, 0.717) is 13.1 Å². The number of methoxy groups -OCH3 is 1. The van der Waals surface area contributed by atoms with Crippen LogP contribution in [0.3, 0.4) is 0 Å². The lowest BCUT2D eigenvalue weighted by atomic mass is 10.00. The maximum absolute atomic E-state index is 12.6. The Morgan fingerprint density at radius 2 is 1.69 bits per heavy atom. The van der Waals surface area contributed by atoms with Gasteiger partial charge in [-0.3, -0.25) is 14.5 Å². The van der Waals surface area contributed by atoms with Crippen LogP contribution in [0.4, 0.5) is 0 Å². The molecule has 2 aliphatic heterocycles. The zero-order valence-electron chi connectivity index (χ0n) is 20.7. The normalized spacial score (nSPS) is 22.4. The van der Waals surface area contributed by atoms with Crippen molar-refractivity contribution in [3.05, 3.63) is 42.5 Å². The van der Waals surface area contributed by atoms with Crippen LogP contribution in [0.2, 0.25) is 0 Å². The number of imidazole rings is 1. The summed E-state index contributed by atoms with van der Waals surface area (Å²) in [6, 6.07) is 7.94. The van der Waals surface area contributed by atoms with Crippen LogP contribution in [0.25, 0.3) is 5.69 Å². The number of likely N-dealkylation sites (tertiary alicyclic amines) is 1. The first-order valence-corrected chi connectivity index (χ1v) is 12.7. The van der Waals surface area contributed by atoms with Crippen LogP contribution in [0.5, 0.6) is 5.75 Å². The minimum atomic E-state index is -3.02. The first-order valence-electron chi connectivity index (χ1n) is 11.0. The van der Waals surface area contributed by atoms with Crippen LogP contribution in [-0.4, -0.2) is 101 Å². The minimum Gasteiger partial charge on any atom is -0.497 e. The summed E-state index contributed by atoms with van der Waals surface area (Å²) in [6.45, 7) is 4.19. The van der Waals surface area contributed by atoms with E-state index in [2.05, 4.69) is 14.8 Å². The number of carboxylic acid groups (broad SMARTS) is 2. The smallest absolute Gasteiger partial charge is 0.300 e.